The van der Waals surface area contributed by atoms with Crippen molar-refractivity contribution in [2.45, 2.75) is 51.4 Å². The molecule has 212 valence electrons. The van der Waals surface area contributed by atoms with E-state index >= 15 is 0 Å². The summed E-state index contributed by atoms with van der Waals surface area (Å²) in [5, 5.41) is 3.20. The lowest BCUT2D eigenvalue weighted by Crippen LogP contribution is -2.57. The first-order valence-electron chi connectivity index (χ1n) is 13.1. The van der Waals surface area contributed by atoms with Crippen LogP contribution in [-0.4, -0.2) is 58.1 Å². The monoisotopic (exact) mass is 554 g/mol. The minimum atomic E-state index is -4.55. The van der Waals surface area contributed by atoms with Gasteiger partial charge in [-0.3, -0.25) is 4.79 Å². The number of aromatic nitrogens is 1. The maximum Gasteiger partial charge on any atom is 0.433 e. The summed E-state index contributed by atoms with van der Waals surface area (Å²) in [6.07, 6.45) is 2.51. The molecular weight excluding hydrogens is 521 g/mol. The van der Waals surface area contributed by atoms with Gasteiger partial charge in [-0.15, -0.1) is 0 Å². The van der Waals surface area contributed by atoms with Crippen LogP contribution in [0.25, 0.3) is 5.70 Å². The highest BCUT2D eigenvalue weighted by atomic mass is 19.4. The molecule has 1 aromatic heterocycles. The fraction of sp³-hybridized carbons (Fsp3) is 0.367. The number of hydrogen-bond acceptors (Lipinski definition) is 5. The van der Waals surface area contributed by atoms with E-state index in [0.29, 0.717) is 17.7 Å². The number of nitrogens with zero attached hydrogens (tertiary/aromatic N) is 3. The van der Waals surface area contributed by atoms with Gasteiger partial charge in [0, 0.05) is 31.5 Å². The highest BCUT2D eigenvalue weighted by Crippen LogP contribution is 2.28. The van der Waals surface area contributed by atoms with E-state index in [4.69, 9.17) is 4.74 Å². The first-order chi connectivity index (χ1) is 18.9. The molecule has 0 aliphatic carbocycles. The molecule has 10 heteroatoms. The number of allylic oxidation sites excluding steroid dienone is 2. The number of halogens is 3. The van der Waals surface area contributed by atoms with Crippen LogP contribution >= 0.6 is 0 Å². The summed E-state index contributed by atoms with van der Waals surface area (Å²) in [6.45, 7) is 6.02. The van der Waals surface area contributed by atoms with Crippen molar-refractivity contribution in [1.29, 1.82) is 0 Å². The Balaban J connectivity index is 1.62. The van der Waals surface area contributed by atoms with Gasteiger partial charge in [-0.25, -0.2) is 9.78 Å². The van der Waals surface area contributed by atoms with Gasteiger partial charge in [0.05, 0.1) is 17.3 Å². The zero-order valence-corrected chi connectivity index (χ0v) is 22.7. The van der Waals surface area contributed by atoms with Gasteiger partial charge in [-0.05, 0) is 63.5 Å². The summed E-state index contributed by atoms with van der Waals surface area (Å²) in [4.78, 5) is 34.0. The molecule has 7 nitrogen and oxygen atoms in total. The summed E-state index contributed by atoms with van der Waals surface area (Å²) in [7, 11) is 0. The van der Waals surface area contributed by atoms with E-state index in [0.717, 1.165) is 11.6 Å². The molecule has 0 spiro atoms. The van der Waals surface area contributed by atoms with Gasteiger partial charge in [0.2, 0.25) is 0 Å². The summed E-state index contributed by atoms with van der Waals surface area (Å²) in [6, 6.07) is 12.8. The normalized spacial score (nSPS) is 17.9. The topological polar surface area (TPSA) is 74.8 Å². The SMILES string of the molecule is CC(C)(C)OC(=O)N1CCN(C(=O)C2=C(c3ccccc3)NC=CC=C2)[C@H](CCc2cccc(C(F)(F)F)n2)C1. The highest BCUT2D eigenvalue weighted by molar-refractivity contribution is 6.04. The largest absolute Gasteiger partial charge is 0.444 e. The number of piperazine rings is 1. The molecule has 3 heterocycles. The van der Waals surface area contributed by atoms with E-state index in [-0.39, 0.29) is 37.7 Å². The van der Waals surface area contributed by atoms with Gasteiger partial charge in [0.25, 0.3) is 5.91 Å². The van der Waals surface area contributed by atoms with E-state index in [1.165, 1.54) is 12.1 Å². The second-order valence-electron chi connectivity index (χ2n) is 10.6. The van der Waals surface area contributed by atoms with Crippen molar-refractivity contribution in [1.82, 2.24) is 20.1 Å². The van der Waals surface area contributed by atoms with Crippen molar-refractivity contribution >= 4 is 17.7 Å². The van der Waals surface area contributed by atoms with Crippen molar-refractivity contribution < 1.29 is 27.5 Å². The number of carbonyl (C=O) groups excluding carboxylic acids is 2. The molecule has 2 aromatic rings. The second kappa shape index (κ2) is 12.0. The standard InChI is InChI=1S/C30H33F3N4O3/c1-29(2,3)40-28(39)36-18-19-37(23(20-36)16-15-22-12-9-14-25(35-22)30(31,32)33)27(38)24-13-7-8-17-34-26(24)21-10-5-4-6-11-21/h4-14,17,23,34H,15-16,18-20H2,1-3H3/t23-/m1/s1. The van der Waals surface area contributed by atoms with E-state index < -0.39 is 29.6 Å². The van der Waals surface area contributed by atoms with Gasteiger partial charge >= 0.3 is 12.3 Å². The molecule has 1 fully saturated rings. The molecule has 40 heavy (non-hydrogen) atoms. The molecule has 2 amide bonds. The Morgan fingerprint density at radius 1 is 1.02 bits per heavy atom. The third-order valence-electron chi connectivity index (χ3n) is 6.49. The summed E-state index contributed by atoms with van der Waals surface area (Å²) in [5.41, 5.74) is 0.533. The first kappa shape index (κ1) is 28.9. The van der Waals surface area contributed by atoms with E-state index in [1.54, 1.807) is 55.0 Å². The fourth-order valence-electron chi connectivity index (χ4n) is 4.63. The Hall–Kier alpha value is -4.08. The maximum atomic E-state index is 14.1. The summed E-state index contributed by atoms with van der Waals surface area (Å²) >= 11 is 0. The van der Waals surface area contributed by atoms with Crippen LogP contribution in [0.2, 0.25) is 0 Å². The average molecular weight is 555 g/mol. The quantitative estimate of drug-likeness (QED) is 0.524. The van der Waals surface area contributed by atoms with E-state index in [2.05, 4.69) is 10.3 Å². The van der Waals surface area contributed by atoms with Crippen molar-refractivity contribution in [3.05, 3.63) is 95.5 Å². The Morgan fingerprint density at radius 3 is 2.48 bits per heavy atom. The molecule has 0 bridgehead atoms. The number of amides is 2. The van der Waals surface area contributed by atoms with Crippen LogP contribution in [0.4, 0.5) is 18.0 Å². The minimum Gasteiger partial charge on any atom is -0.444 e. The van der Waals surface area contributed by atoms with Crippen LogP contribution in [-0.2, 0) is 22.1 Å². The number of aryl methyl sites for hydroxylation is 1. The Kier molecular flexibility index (Phi) is 8.66. The maximum absolute atomic E-state index is 14.1. The van der Waals surface area contributed by atoms with Crippen molar-refractivity contribution in [3.8, 4) is 0 Å². The van der Waals surface area contributed by atoms with E-state index in [1.807, 2.05) is 30.3 Å². The lowest BCUT2D eigenvalue weighted by molar-refractivity contribution is -0.141. The van der Waals surface area contributed by atoms with Gasteiger partial charge in [0.15, 0.2) is 0 Å². The van der Waals surface area contributed by atoms with Crippen LogP contribution in [0.1, 0.15) is 44.1 Å². The zero-order chi connectivity index (χ0) is 28.9. The molecule has 0 radical (unpaired) electrons. The van der Waals surface area contributed by atoms with E-state index in [9.17, 15) is 22.8 Å². The molecule has 1 aromatic carbocycles. The smallest absolute Gasteiger partial charge is 0.433 e. The number of rotatable bonds is 5. The molecule has 1 N–H and O–H groups in total. The first-order valence-corrected chi connectivity index (χ1v) is 13.1. The van der Waals surface area contributed by atoms with Crippen LogP contribution in [0.3, 0.4) is 0 Å². The Labute approximate surface area is 232 Å². The molecule has 2 aliphatic rings. The molecule has 0 unspecified atom stereocenters. The van der Waals surface area contributed by atoms with Gasteiger partial charge in [-0.2, -0.15) is 13.2 Å². The number of pyridine rings is 1. The lowest BCUT2D eigenvalue weighted by Gasteiger charge is -2.42. The number of carbonyl (C=O) groups is 2. The summed E-state index contributed by atoms with van der Waals surface area (Å²) < 4.78 is 45.2. The van der Waals surface area contributed by atoms with Crippen molar-refractivity contribution in [2.24, 2.45) is 0 Å². The molecule has 4 rings (SSSR count). The molecule has 1 atom stereocenters. The van der Waals surface area contributed by atoms with Crippen molar-refractivity contribution in [2.75, 3.05) is 19.6 Å². The zero-order valence-electron chi connectivity index (χ0n) is 22.7. The number of ether oxygens (including phenoxy) is 1. The predicted octanol–water partition coefficient (Wildman–Crippen LogP) is 5.57. The van der Waals surface area contributed by atoms with Crippen LogP contribution in [0, 0.1) is 0 Å². The fourth-order valence-corrected chi connectivity index (χ4v) is 4.63. The van der Waals surface area contributed by atoms with Crippen molar-refractivity contribution in [3.63, 3.8) is 0 Å². The van der Waals surface area contributed by atoms with Gasteiger partial charge in [0.1, 0.15) is 11.3 Å². The molecular formula is C30H33F3N4O3. The van der Waals surface area contributed by atoms with Crippen LogP contribution in [0.5, 0.6) is 0 Å². The Morgan fingerprint density at radius 2 is 1.77 bits per heavy atom. The number of nitrogens with one attached hydrogen (secondary N) is 1. The third-order valence-corrected chi connectivity index (χ3v) is 6.49. The van der Waals surface area contributed by atoms with Gasteiger partial charge in [-0.1, -0.05) is 42.5 Å². The summed E-state index contributed by atoms with van der Waals surface area (Å²) in [5.74, 6) is -0.239. The number of hydrogen-bond donors (Lipinski definition) is 1. The third kappa shape index (κ3) is 7.31. The molecule has 0 saturated carbocycles. The average Bonchev–Trinajstić information content (AvgIpc) is 3.17. The highest BCUT2D eigenvalue weighted by Gasteiger charge is 2.36. The lowest BCUT2D eigenvalue weighted by atomic mass is 10.0. The van der Waals surface area contributed by atoms with Gasteiger partial charge < -0.3 is 19.9 Å². The second-order valence-corrected chi connectivity index (χ2v) is 10.6. The molecule has 2 aliphatic heterocycles. The number of alkyl halides is 3. The molecule has 1 saturated heterocycles. The Bertz CT molecular complexity index is 1310. The van der Waals surface area contributed by atoms with Crippen LogP contribution < -0.4 is 5.32 Å². The van der Waals surface area contributed by atoms with Crippen LogP contribution in [0.15, 0.2) is 78.5 Å². The minimum absolute atomic E-state index is 0.183. The predicted molar refractivity (Wildman–Crippen MR) is 146 cm³/mol. The number of benzene rings is 1.